The molecule has 1 N–H and O–H groups in total. The van der Waals surface area contributed by atoms with Crippen molar-refractivity contribution in [1.29, 1.82) is 0 Å². The minimum Gasteiger partial charge on any atom is -0.467 e. The summed E-state index contributed by atoms with van der Waals surface area (Å²) in [5.74, 6) is 0.894. The molecule has 3 atom stereocenters. The van der Waals surface area contributed by atoms with Crippen molar-refractivity contribution in [2.45, 2.75) is 31.0 Å². The maximum absolute atomic E-state index is 5.79. The molecule has 23 heavy (non-hydrogen) atoms. The number of pyridine rings is 1. The van der Waals surface area contributed by atoms with Crippen LogP contribution in [0.4, 0.5) is 0 Å². The van der Waals surface area contributed by atoms with E-state index in [1.165, 1.54) is 0 Å². The summed E-state index contributed by atoms with van der Waals surface area (Å²) >= 11 is 5.59. The summed E-state index contributed by atoms with van der Waals surface area (Å²) in [6.07, 6.45) is 5.94. The second-order valence-corrected chi connectivity index (χ2v) is 6.32. The van der Waals surface area contributed by atoms with E-state index in [2.05, 4.69) is 15.2 Å². The standard InChI is InChI=1S/C17H19N3O2S/c23-17-19-15(13-6-1-2-8-18-13)16(14-7-4-10-22-14)20(17)11-12-5-3-9-21-12/h1-2,4,6-8,10,12,15-16H,3,5,9,11H2,(H,19,23)/t12-,15+,16-/m0/s1. The molecule has 120 valence electrons. The van der Waals surface area contributed by atoms with E-state index in [0.717, 1.165) is 42.6 Å². The van der Waals surface area contributed by atoms with Crippen LogP contribution in [-0.4, -0.2) is 34.3 Å². The molecule has 2 aliphatic rings. The van der Waals surface area contributed by atoms with Crippen LogP contribution >= 0.6 is 12.2 Å². The van der Waals surface area contributed by atoms with Gasteiger partial charge in [0.25, 0.3) is 0 Å². The largest absolute Gasteiger partial charge is 0.467 e. The van der Waals surface area contributed by atoms with E-state index in [-0.39, 0.29) is 18.2 Å². The van der Waals surface area contributed by atoms with E-state index in [9.17, 15) is 0 Å². The highest BCUT2D eigenvalue weighted by molar-refractivity contribution is 7.80. The molecule has 6 heteroatoms. The van der Waals surface area contributed by atoms with Gasteiger partial charge >= 0.3 is 0 Å². The summed E-state index contributed by atoms with van der Waals surface area (Å²) in [7, 11) is 0. The molecule has 5 nitrogen and oxygen atoms in total. The molecule has 4 rings (SSSR count). The SMILES string of the molecule is S=C1N[C@H](c2ccccn2)[C@H](c2ccco2)N1C[C@@H]1CCCO1. The molecule has 0 bridgehead atoms. The van der Waals surface area contributed by atoms with Crippen molar-refractivity contribution < 1.29 is 9.15 Å². The monoisotopic (exact) mass is 329 g/mol. The average molecular weight is 329 g/mol. The molecule has 2 aromatic heterocycles. The number of ether oxygens (including phenoxy) is 1. The van der Waals surface area contributed by atoms with Crippen molar-refractivity contribution >= 4 is 17.3 Å². The first-order chi connectivity index (χ1) is 11.3. The van der Waals surface area contributed by atoms with Crippen LogP contribution in [0, 0.1) is 0 Å². The van der Waals surface area contributed by atoms with Gasteiger partial charge in [-0.1, -0.05) is 6.07 Å². The molecule has 0 aliphatic carbocycles. The number of nitrogens with one attached hydrogen (secondary N) is 1. The van der Waals surface area contributed by atoms with Crippen molar-refractivity contribution in [1.82, 2.24) is 15.2 Å². The topological polar surface area (TPSA) is 50.5 Å². The van der Waals surface area contributed by atoms with Gasteiger partial charge in [0.15, 0.2) is 5.11 Å². The summed E-state index contributed by atoms with van der Waals surface area (Å²) in [5, 5.41) is 4.15. The van der Waals surface area contributed by atoms with Gasteiger partial charge in [-0.3, -0.25) is 4.98 Å². The molecule has 2 aliphatic heterocycles. The van der Waals surface area contributed by atoms with E-state index in [1.807, 2.05) is 36.5 Å². The molecule has 2 fully saturated rings. The Kier molecular flexibility index (Phi) is 4.01. The molecule has 0 saturated carbocycles. The Morgan fingerprint density at radius 3 is 2.96 bits per heavy atom. The zero-order valence-electron chi connectivity index (χ0n) is 12.7. The smallest absolute Gasteiger partial charge is 0.170 e. The van der Waals surface area contributed by atoms with Crippen LogP contribution in [0.3, 0.4) is 0 Å². The van der Waals surface area contributed by atoms with Crippen molar-refractivity contribution in [3.63, 3.8) is 0 Å². The van der Waals surface area contributed by atoms with Crippen LogP contribution < -0.4 is 5.32 Å². The van der Waals surface area contributed by atoms with Gasteiger partial charge in [0.1, 0.15) is 11.8 Å². The normalized spacial score (nSPS) is 27.4. The maximum atomic E-state index is 5.79. The van der Waals surface area contributed by atoms with Crippen LogP contribution in [0.2, 0.25) is 0 Å². The van der Waals surface area contributed by atoms with Gasteiger partial charge < -0.3 is 19.4 Å². The van der Waals surface area contributed by atoms with Crippen LogP contribution in [0.25, 0.3) is 0 Å². The van der Waals surface area contributed by atoms with Crippen LogP contribution in [0.1, 0.15) is 36.4 Å². The lowest BCUT2D eigenvalue weighted by atomic mass is 10.0. The van der Waals surface area contributed by atoms with Crippen molar-refractivity contribution in [2.24, 2.45) is 0 Å². The molecular formula is C17H19N3O2S. The lowest BCUT2D eigenvalue weighted by Crippen LogP contribution is -2.36. The fraction of sp³-hybridized carbons (Fsp3) is 0.412. The van der Waals surface area contributed by atoms with Crippen molar-refractivity contribution in [2.75, 3.05) is 13.2 Å². The lowest BCUT2D eigenvalue weighted by molar-refractivity contribution is 0.0817. The number of rotatable bonds is 4. The number of nitrogens with zero attached hydrogens (tertiary/aromatic N) is 2. The Bertz CT molecular complexity index is 656. The third-order valence-electron chi connectivity index (χ3n) is 4.46. The molecule has 4 heterocycles. The molecule has 0 unspecified atom stereocenters. The predicted molar refractivity (Wildman–Crippen MR) is 89.8 cm³/mol. The second kappa shape index (κ2) is 6.29. The summed E-state index contributed by atoms with van der Waals surface area (Å²) in [4.78, 5) is 6.68. The number of hydrogen-bond donors (Lipinski definition) is 1. The Balaban J connectivity index is 1.66. The third kappa shape index (κ3) is 2.84. The van der Waals surface area contributed by atoms with Gasteiger partial charge in [0.2, 0.25) is 0 Å². The third-order valence-corrected chi connectivity index (χ3v) is 4.81. The Morgan fingerprint density at radius 1 is 1.30 bits per heavy atom. The highest BCUT2D eigenvalue weighted by atomic mass is 32.1. The van der Waals surface area contributed by atoms with Crippen LogP contribution in [-0.2, 0) is 4.74 Å². The lowest BCUT2D eigenvalue weighted by Gasteiger charge is -2.28. The Labute approximate surface area is 140 Å². The Morgan fingerprint density at radius 2 is 2.26 bits per heavy atom. The predicted octanol–water partition coefficient (Wildman–Crippen LogP) is 2.83. The van der Waals surface area contributed by atoms with Gasteiger partial charge in [0.05, 0.1) is 24.1 Å². The molecular weight excluding hydrogens is 310 g/mol. The van der Waals surface area contributed by atoms with Gasteiger partial charge in [-0.25, -0.2) is 0 Å². The maximum Gasteiger partial charge on any atom is 0.170 e. The highest BCUT2D eigenvalue weighted by Crippen LogP contribution is 2.39. The van der Waals surface area contributed by atoms with Gasteiger partial charge in [0, 0.05) is 19.3 Å². The molecule has 0 amide bonds. The molecule has 0 aromatic carbocycles. The van der Waals surface area contributed by atoms with Crippen LogP contribution in [0.15, 0.2) is 47.2 Å². The molecule has 2 saturated heterocycles. The van der Waals surface area contributed by atoms with E-state index >= 15 is 0 Å². The minimum atomic E-state index is -0.0174. The first-order valence-corrected chi connectivity index (χ1v) is 8.37. The first-order valence-electron chi connectivity index (χ1n) is 7.96. The quantitative estimate of drug-likeness (QED) is 0.871. The zero-order chi connectivity index (χ0) is 15.6. The van der Waals surface area contributed by atoms with Crippen LogP contribution in [0.5, 0.6) is 0 Å². The molecule has 0 spiro atoms. The van der Waals surface area contributed by atoms with Crippen molar-refractivity contribution in [3.05, 3.63) is 54.2 Å². The minimum absolute atomic E-state index is 0.00315. The average Bonchev–Trinajstić information content (AvgIpc) is 3.31. The Hall–Kier alpha value is -1.92. The summed E-state index contributed by atoms with van der Waals surface area (Å²) in [6.45, 7) is 1.62. The van der Waals surface area contributed by atoms with Crippen molar-refractivity contribution in [3.8, 4) is 0 Å². The zero-order valence-corrected chi connectivity index (χ0v) is 13.5. The summed E-state index contributed by atoms with van der Waals surface area (Å²) in [6, 6.07) is 9.83. The number of aromatic nitrogens is 1. The summed E-state index contributed by atoms with van der Waals surface area (Å²) in [5.41, 5.74) is 0.964. The van der Waals surface area contributed by atoms with Gasteiger partial charge in [-0.15, -0.1) is 0 Å². The summed E-state index contributed by atoms with van der Waals surface area (Å²) < 4.78 is 11.5. The van der Waals surface area contributed by atoms with E-state index < -0.39 is 0 Å². The van der Waals surface area contributed by atoms with Gasteiger partial charge in [-0.2, -0.15) is 0 Å². The highest BCUT2D eigenvalue weighted by Gasteiger charge is 2.42. The number of thiocarbonyl (C=S) groups is 1. The first kappa shape index (κ1) is 14.7. The molecule has 0 radical (unpaired) electrons. The van der Waals surface area contributed by atoms with E-state index in [0.29, 0.717) is 0 Å². The van der Waals surface area contributed by atoms with Gasteiger partial charge in [-0.05, 0) is 49.3 Å². The number of furan rings is 1. The van der Waals surface area contributed by atoms with E-state index in [4.69, 9.17) is 21.4 Å². The fourth-order valence-corrected chi connectivity index (χ4v) is 3.69. The number of hydrogen-bond acceptors (Lipinski definition) is 4. The molecule has 2 aromatic rings. The fourth-order valence-electron chi connectivity index (χ4n) is 3.38. The van der Waals surface area contributed by atoms with E-state index in [1.54, 1.807) is 6.26 Å². The second-order valence-electron chi connectivity index (χ2n) is 5.93.